The van der Waals surface area contributed by atoms with Crippen LogP contribution in [0.1, 0.15) is 0 Å². The molecular formula is C16H12ClN9O. The number of carbonyl (C=O) groups excluding carboxylic acids is 1. The van der Waals surface area contributed by atoms with Crippen LogP contribution in [0.15, 0.2) is 54.9 Å². The van der Waals surface area contributed by atoms with Crippen molar-refractivity contribution >= 4 is 23.2 Å². The van der Waals surface area contributed by atoms with Crippen molar-refractivity contribution in [3.05, 3.63) is 59.9 Å². The van der Waals surface area contributed by atoms with E-state index in [1.807, 2.05) is 18.2 Å². The summed E-state index contributed by atoms with van der Waals surface area (Å²) in [6, 6.07) is 14.3. The molecule has 134 valence electrons. The van der Waals surface area contributed by atoms with E-state index >= 15 is 0 Å². The van der Waals surface area contributed by atoms with Crippen LogP contribution in [0.25, 0.3) is 17.1 Å². The minimum absolute atomic E-state index is 0.0737. The smallest absolute Gasteiger partial charge is 0.248 e. The van der Waals surface area contributed by atoms with Gasteiger partial charge in [-0.2, -0.15) is 9.48 Å². The SMILES string of the molecule is O=C(Cn1nnc(-c2ccc(Cl)cc2-n2cnnn2)n1)Nc1ccccc1. The molecule has 0 saturated carbocycles. The third-order valence-corrected chi connectivity index (χ3v) is 3.83. The number of nitrogens with one attached hydrogen (secondary N) is 1. The number of hydrogen-bond donors (Lipinski definition) is 1. The number of rotatable bonds is 5. The molecule has 4 rings (SSSR count). The molecule has 0 aliphatic heterocycles. The predicted molar refractivity (Wildman–Crippen MR) is 96.0 cm³/mol. The summed E-state index contributed by atoms with van der Waals surface area (Å²) in [7, 11) is 0. The van der Waals surface area contributed by atoms with Crippen LogP contribution in [0.5, 0.6) is 0 Å². The van der Waals surface area contributed by atoms with Gasteiger partial charge in [0.05, 0.1) is 5.69 Å². The van der Waals surface area contributed by atoms with Crippen molar-refractivity contribution in [2.45, 2.75) is 6.54 Å². The Labute approximate surface area is 157 Å². The number of amides is 1. The molecule has 4 aromatic rings. The normalized spacial score (nSPS) is 10.7. The van der Waals surface area contributed by atoms with Gasteiger partial charge in [-0.25, -0.2) is 0 Å². The first kappa shape index (κ1) is 16.8. The van der Waals surface area contributed by atoms with Crippen LogP contribution in [0.3, 0.4) is 0 Å². The fraction of sp³-hybridized carbons (Fsp3) is 0.0625. The third kappa shape index (κ3) is 3.80. The van der Waals surface area contributed by atoms with E-state index in [0.29, 0.717) is 27.8 Å². The lowest BCUT2D eigenvalue weighted by Crippen LogP contribution is -2.20. The summed E-state index contributed by atoms with van der Waals surface area (Å²) >= 11 is 6.08. The largest absolute Gasteiger partial charge is 0.324 e. The van der Waals surface area contributed by atoms with Crippen LogP contribution in [0, 0.1) is 0 Å². The Balaban J connectivity index is 1.56. The molecule has 11 heteroatoms. The minimum atomic E-state index is -0.262. The van der Waals surface area contributed by atoms with Gasteiger partial charge in [0.2, 0.25) is 11.7 Å². The van der Waals surface area contributed by atoms with E-state index in [1.165, 1.54) is 15.8 Å². The van der Waals surface area contributed by atoms with Crippen molar-refractivity contribution in [1.82, 2.24) is 40.4 Å². The lowest BCUT2D eigenvalue weighted by atomic mass is 10.1. The molecule has 1 amide bonds. The Hall–Kier alpha value is -3.66. The molecule has 0 spiro atoms. The average Bonchev–Trinajstić information content (AvgIpc) is 3.34. The zero-order valence-corrected chi connectivity index (χ0v) is 14.5. The van der Waals surface area contributed by atoms with Gasteiger partial charge in [0.15, 0.2) is 0 Å². The molecule has 2 aromatic heterocycles. The van der Waals surface area contributed by atoms with E-state index in [-0.39, 0.29) is 12.5 Å². The Kier molecular flexibility index (Phi) is 4.54. The van der Waals surface area contributed by atoms with Crippen LogP contribution >= 0.6 is 11.6 Å². The first-order valence-corrected chi connectivity index (χ1v) is 8.23. The molecule has 0 bridgehead atoms. The average molecular weight is 382 g/mol. The van der Waals surface area contributed by atoms with E-state index in [2.05, 4.69) is 36.3 Å². The fourth-order valence-corrected chi connectivity index (χ4v) is 2.59. The number of para-hydroxylation sites is 1. The Bertz CT molecular complexity index is 1060. The van der Waals surface area contributed by atoms with Gasteiger partial charge in [-0.1, -0.05) is 29.8 Å². The highest BCUT2D eigenvalue weighted by Gasteiger charge is 2.15. The molecule has 0 fully saturated rings. The number of hydrogen-bond acceptors (Lipinski definition) is 7. The Morgan fingerprint density at radius 2 is 1.96 bits per heavy atom. The highest BCUT2D eigenvalue weighted by atomic mass is 35.5. The van der Waals surface area contributed by atoms with Gasteiger partial charge in [-0.3, -0.25) is 4.79 Å². The van der Waals surface area contributed by atoms with Crippen LogP contribution < -0.4 is 5.32 Å². The quantitative estimate of drug-likeness (QED) is 0.558. The standard InChI is InChI=1S/C16H12ClN9O/c17-11-6-7-13(14(8-11)25-10-18-22-24-25)16-20-23-26(21-16)9-15(27)19-12-4-2-1-3-5-12/h1-8,10H,9H2,(H,19,27). The van der Waals surface area contributed by atoms with Crippen molar-refractivity contribution < 1.29 is 4.79 Å². The molecule has 1 N–H and O–H groups in total. The zero-order chi connectivity index (χ0) is 18.6. The van der Waals surface area contributed by atoms with Gasteiger partial charge >= 0.3 is 0 Å². The summed E-state index contributed by atoms with van der Waals surface area (Å²) in [5, 5.41) is 26.6. The van der Waals surface area contributed by atoms with Gasteiger partial charge in [0.1, 0.15) is 12.9 Å². The number of aromatic nitrogens is 8. The number of nitrogens with zero attached hydrogens (tertiary/aromatic N) is 8. The van der Waals surface area contributed by atoms with Gasteiger partial charge in [-0.05, 0) is 46.0 Å². The number of anilines is 1. The van der Waals surface area contributed by atoms with Gasteiger partial charge in [-0.15, -0.1) is 15.3 Å². The van der Waals surface area contributed by atoms with Gasteiger partial charge < -0.3 is 5.32 Å². The number of carbonyl (C=O) groups is 1. The summed E-state index contributed by atoms with van der Waals surface area (Å²) < 4.78 is 1.45. The van der Waals surface area contributed by atoms with Crippen molar-refractivity contribution in [2.75, 3.05) is 5.32 Å². The van der Waals surface area contributed by atoms with Crippen molar-refractivity contribution in [2.24, 2.45) is 0 Å². The number of benzene rings is 2. The molecule has 10 nitrogen and oxygen atoms in total. The van der Waals surface area contributed by atoms with E-state index in [1.54, 1.807) is 30.3 Å². The number of tetrazole rings is 2. The number of halogens is 1. The lowest BCUT2D eigenvalue weighted by molar-refractivity contribution is -0.117. The Morgan fingerprint density at radius 1 is 1.11 bits per heavy atom. The zero-order valence-electron chi connectivity index (χ0n) is 13.8. The first-order chi connectivity index (χ1) is 13.2. The maximum atomic E-state index is 12.1. The molecule has 27 heavy (non-hydrogen) atoms. The van der Waals surface area contributed by atoms with E-state index < -0.39 is 0 Å². The minimum Gasteiger partial charge on any atom is -0.324 e. The van der Waals surface area contributed by atoms with E-state index in [9.17, 15) is 4.79 Å². The molecule has 0 radical (unpaired) electrons. The second-order valence-electron chi connectivity index (χ2n) is 5.47. The maximum absolute atomic E-state index is 12.1. The summed E-state index contributed by atoms with van der Waals surface area (Å²) in [5.74, 6) is 0.0617. The first-order valence-electron chi connectivity index (χ1n) is 7.85. The monoisotopic (exact) mass is 381 g/mol. The Morgan fingerprint density at radius 3 is 2.74 bits per heavy atom. The topological polar surface area (TPSA) is 116 Å². The fourth-order valence-electron chi connectivity index (χ4n) is 2.42. The van der Waals surface area contributed by atoms with E-state index in [0.717, 1.165) is 0 Å². The summed E-state index contributed by atoms with van der Waals surface area (Å²) in [6.45, 7) is -0.0737. The van der Waals surface area contributed by atoms with Crippen molar-refractivity contribution in [3.8, 4) is 17.1 Å². The molecule has 2 aromatic carbocycles. The van der Waals surface area contributed by atoms with Crippen LogP contribution in [-0.4, -0.2) is 46.3 Å². The van der Waals surface area contributed by atoms with Crippen LogP contribution in [-0.2, 0) is 11.3 Å². The van der Waals surface area contributed by atoms with Gasteiger partial charge in [0, 0.05) is 16.3 Å². The molecule has 0 aliphatic rings. The molecule has 2 heterocycles. The highest BCUT2D eigenvalue weighted by Crippen LogP contribution is 2.26. The third-order valence-electron chi connectivity index (χ3n) is 3.59. The molecular weight excluding hydrogens is 370 g/mol. The second kappa shape index (κ2) is 7.30. The summed E-state index contributed by atoms with van der Waals surface area (Å²) in [5.41, 5.74) is 1.92. The van der Waals surface area contributed by atoms with Crippen LogP contribution in [0.2, 0.25) is 5.02 Å². The molecule has 0 unspecified atom stereocenters. The maximum Gasteiger partial charge on any atom is 0.248 e. The van der Waals surface area contributed by atoms with Gasteiger partial charge in [0.25, 0.3) is 0 Å². The van der Waals surface area contributed by atoms with E-state index in [4.69, 9.17) is 11.6 Å². The second-order valence-corrected chi connectivity index (χ2v) is 5.91. The van der Waals surface area contributed by atoms with Crippen molar-refractivity contribution in [3.63, 3.8) is 0 Å². The summed E-state index contributed by atoms with van der Waals surface area (Å²) in [4.78, 5) is 13.4. The lowest BCUT2D eigenvalue weighted by Gasteiger charge is -2.05. The predicted octanol–water partition coefficient (Wildman–Crippen LogP) is 1.61. The molecule has 0 saturated heterocycles. The molecule has 0 atom stereocenters. The van der Waals surface area contributed by atoms with Crippen molar-refractivity contribution in [1.29, 1.82) is 0 Å². The van der Waals surface area contributed by atoms with Crippen LogP contribution in [0.4, 0.5) is 5.69 Å². The summed E-state index contributed by atoms with van der Waals surface area (Å²) in [6.07, 6.45) is 1.44. The molecule has 0 aliphatic carbocycles. The highest BCUT2D eigenvalue weighted by molar-refractivity contribution is 6.30.